The van der Waals surface area contributed by atoms with Gasteiger partial charge in [-0.05, 0) is 50.5 Å². The fourth-order valence-corrected chi connectivity index (χ4v) is 4.60. The molecule has 0 saturated carbocycles. The van der Waals surface area contributed by atoms with E-state index in [4.69, 9.17) is 10.1 Å². The molecule has 0 spiro atoms. The highest BCUT2D eigenvalue weighted by Gasteiger charge is 2.28. The van der Waals surface area contributed by atoms with Gasteiger partial charge in [0.05, 0.1) is 5.69 Å². The summed E-state index contributed by atoms with van der Waals surface area (Å²) in [6, 6.07) is 10.6. The molecule has 1 saturated heterocycles. The Morgan fingerprint density at radius 1 is 1.04 bits per heavy atom. The average Bonchev–Trinajstić information content (AvgIpc) is 3.24. The SMILES string of the molecule is Cc1nn2c(N3CCC(C)CC3)c3c(nc2c1-c1ccccc1)CCC3. The van der Waals surface area contributed by atoms with E-state index in [0.717, 1.165) is 43.2 Å². The second kappa shape index (κ2) is 6.11. The van der Waals surface area contributed by atoms with Crippen LogP contribution in [0.1, 0.15) is 43.1 Å². The average molecular weight is 346 g/mol. The number of nitrogens with zero attached hydrogens (tertiary/aromatic N) is 4. The molecule has 1 fully saturated rings. The van der Waals surface area contributed by atoms with Crippen LogP contribution in [-0.2, 0) is 12.8 Å². The standard InChI is InChI=1S/C22H26N4/c1-15-11-13-25(14-12-15)22-18-9-6-10-19(18)23-21-20(16(2)24-26(21)22)17-7-4-3-5-8-17/h3-5,7-8,15H,6,9-14H2,1-2H3. The van der Waals surface area contributed by atoms with Crippen molar-refractivity contribution in [3.63, 3.8) is 0 Å². The first-order chi connectivity index (χ1) is 12.7. The second-order valence-corrected chi connectivity index (χ2v) is 7.95. The molecule has 0 atom stereocenters. The van der Waals surface area contributed by atoms with Crippen molar-refractivity contribution in [2.45, 2.75) is 46.0 Å². The Labute approximate surface area is 154 Å². The summed E-state index contributed by atoms with van der Waals surface area (Å²) in [5, 5.41) is 4.97. The summed E-state index contributed by atoms with van der Waals surface area (Å²) in [5.74, 6) is 2.15. The second-order valence-electron chi connectivity index (χ2n) is 7.95. The fraction of sp³-hybridized carbons (Fsp3) is 0.455. The first kappa shape index (κ1) is 15.9. The molecule has 0 N–H and O–H groups in total. The van der Waals surface area contributed by atoms with Gasteiger partial charge in [-0.2, -0.15) is 9.61 Å². The van der Waals surface area contributed by atoms with Crippen LogP contribution in [0.5, 0.6) is 0 Å². The van der Waals surface area contributed by atoms with Crippen LogP contribution in [0.2, 0.25) is 0 Å². The minimum absolute atomic E-state index is 0.830. The van der Waals surface area contributed by atoms with Crippen molar-refractivity contribution in [3.05, 3.63) is 47.3 Å². The normalized spacial score (nSPS) is 17.8. The van der Waals surface area contributed by atoms with E-state index < -0.39 is 0 Å². The zero-order valence-electron chi connectivity index (χ0n) is 15.7. The van der Waals surface area contributed by atoms with Crippen molar-refractivity contribution < 1.29 is 0 Å². The van der Waals surface area contributed by atoms with Gasteiger partial charge in [-0.25, -0.2) is 4.98 Å². The molecule has 0 radical (unpaired) electrons. The Bertz CT molecular complexity index is 949. The summed E-state index contributed by atoms with van der Waals surface area (Å²) in [6.45, 7) is 6.75. The lowest BCUT2D eigenvalue weighted by Gasteiger charge is -2.33. The van der Waals surface area contributed by atoms with E-state index in [1.807, 2.05) is 0 Å². The van der Waals surface area contributed by atoms with Crippen LogP contribution in [0.15, 0.2) is 30.3 Å². The third-order valence-electron chi connectivity index (χ3n) is 6.08. The molecule has 134 valence electrons. The highest BCUT2D eigenvalue weighted by Crippen LogP contribution is 2.37. The summed E-state index contributed by atoms with van der Waals surface area (Å²) in [6.07, 6.45) is 5.99. The number of hydrogen-bond donors (Lipinski definition) is 0. The minimum atomic E-state index is 0.830. The first-order valence-corrected chi connectivity index (χ1v) is 9.94. The zero-order chi connectivity index (χ0) is 17.7. The van der Waals surface area contributed by atoms with E-state index in [0.29, 0.717) is 0 Å². The monoisotopic (exact) mass is 346 g/mol. The van der Waals surface area contributed by atoms with E-state index in [1.54, 1.807) is 0 Å². The van der Waals surface area contributed by atoms with Crippen molar-refractivity contribution in [1.29, 1.82) is 0 Å². The van der Waals surface area contributed by atoms with Crippen LogP contribution in [0.25, 0.3) is 16.8 Å². The summed E-state index contributed by atoms with van der Waals surface area (Å²) < 4.78 is 2.15. The van der Waals surface area contributed by atoms with Crippen molar-refractivity contribution in [1.82, 2.24) is 14.6 Å². The van der Waals surface area contributed by atoms with E-state index in [-0.39, 0.29) is 0 Å². The first-order valence-electron chi connectivity index (χ1n) is 9.94. The molecule has 3 aromatic rings. The Kier molecular flexibility index (Phi) is 3.73. The van der Waals surface area contributed by atoms with E-state index in [1.165, 1.54) is 47.5 Å². The van der Waals surface area contributed by atoms with Crippen LogP contribution in [-0.4, -0.2) is 27.7 Å². The molecule has 2 aromatic heterocycles. The van der Waals surface area contributed by atoms with Crippen LogP contribution >= 0.6 is 0 Å². The molecule has 3 heterocycles. The zero-order valence-corrected chi connectivity index (χ0v) is 15.7. The quantitative estimate of drug-likeness (QED) is 0.688. The number of aryl methyl sites for hydroxylation is 2. The Morgan fingerprint density at radius 2 is 1.81 bits per heavy atom. The van der Waals surface area contributed by atoms with Gasteiger partial charge in [-0.15, -0.1) is 0 Å². The summed E-state index contributed by atoms with van der Waals surface area (Å²) >= 11 is 0. The number of anilines is 1. The van der Waals surface area contributed by atoms with Crippen molar-refractivity contribution >= 4 is 11.5 Å². The maximum absolute atomic E-state index is 5.10. The van der Waals surface area contributed by atoms with Gasteiger partial charge in [-0.3, -0.25) is 0 Å². The molecular weight excluding hydrogens is 320 g/mol. The van der Waals surface area contributed by atoms with Crippen molar-refractivity contribution in [2.24, 2.45) is 5.92 Å². The van der Waals surface area contributed by atoms with Crippen molar-refractivity contribution in [3.8, 4) is 11.1 Å². The van der Waals surface area contributed by atoms with Gasteiger partial charge in [0.25, 0.3) is 0 Å². The Hall–Kier alpha value is -2.36. The number of aromatic nitrogens is 3. The third-order valence-corrected chi connectivity index (χ3v) is 6.08. The lowest BCUT2D eigenvalue weighted by Crippen LogP contribution is -2.35. The molecule has 4 nitrogen and oxygen atoms in total. The van der Waals surface area contributed by atoms with Gasteiger partial charge in [0.15, 0.2) is 5.65 Å². The number of hydrogen-bond acceptors (Lipinski definition) is 3. The highest BCUT2D eigenvalue weighted by atomic mass is 15.4. The predicted octanol–water partition coefficient (Wildman–Crippen LogP) is 4.43. The molecule has 1 aliphatic heterocycles. The maximum Gasteiger partial charge on any atom is 0.165 e. The summed E-state index contributed by atoms with van der Waals surface area (Å²) in [5.41, 5.74) is 7.23. The molecule has 4 heteroatoms. The van der Waals surface area contributed by atoms with Crippen LogP contribution in [0.3, 0.4) is 0 Å². The van der Waals surface area contributed by atoms with Gasteiger partial charge in [0.1, 0.15) is 5.82 Å². The van der Waals surface area contributed by atoms with Gasteiger partial charge in [0, 0.05) is 29.9 Å². The topological polar surface area (TPSA) is 33.4 Å². The third kappa shape index (κ3) is 2.43. The summed E-state index contributed by atoms with van der Waals surface area (Å²) in [7, 11) is 0. The molecule has 0 unspecified atom stereocenters. The van der Waals surface area contributed by atoms with Crippen LogP contribution in [0, 0.1) is 12.8 Å². The largest absolute Gasteiger partial charge is 0.356 e. The van der Waals surface area contributed by atoms with E-state index >= 15 is 0 Å². The molecule has 1 aliphatic carbocycles. The van der Waals surface area contributed by atoms with Crippen LogP contribution in [0.4, 0.5) is 5.82 Å². The van der Waals surface area contributed by atoms with Gasteiger partial charge < -0.3 is 4.90 Å². The lowest BCUT2D eigenvalue weighted by molar-refractivity contribution is 0.434. The summed E-state index contributed by atoms with van der Waals surface area (Å²) in [4.78, 5) is 7.67. The predicted molar refractivity (Wildman–Crippen MR) is 106 cm³/mol. The smallest absolute Gasteiger partial charge is 0.165 e. The molecule has 26 heavy (non-hydrogen) atoms. The fourth-order valence-electron chi connectivity index (χ4n) is 4.60. The molecule has 5 rings (SSSR count). The minimum Gasteiger partial charge on any atom is -0.356 e. The molecular formula is C22H26N4. The lowest BCUT2D eigenvalue weighted by atomic mass is 9.99. The van der Waals surface area contributed by atoms with Crippen molar-refractivity contribution in [2.75, 3.05) is 18.0 Å². The highest BCUT2D eigenvalue weighted by molar-refractivity contribution is 5.81. The number of piperidine rings is 1. The maximum atomic E-state index is 5.10. The molecule has 0 amide bonds. The number of fused-ring (bicyclic) bond motifs is 2. The van der Waals surface area contributed by atoms with E-state index in [9.17, 15) is 0 Å². The number of rotatable bonds is 2. The van der Waals surface area contributed by atoms with Gasteiger partial charge >= 0.3 is 0 Å². The Morgan fingerprint density at radius 3 is 2.58 bits per heavy atom. The van der Waals surface area contributed by atoms with Gasteiger partial charge in [0.2, 0.25) is 0 Å². The number of benzene rings is 1. The van der Waals surface area contributed by atoms with Gasteiger partial charge in [-0.1, -0.05) is 37.3 Å². The Balaban J connectivity index is 1.74. The van der Waals surface area contributed by atoms with Crippen LogP contribution < -0.4 is 4.90 Å². The molecule has 2 aliphatic rings. The van der Waals surface area contributed by atoms with E-state index in [2.05, 4.69) is 53.6 Å². The molecule has 1 aromatic carbocycles. The molecule has 0 bridgehead atoms.